The van der Waals surface area contributed by atoms with Gasteiger partial charge in [0.1, 0.15) is 0 Å². The van der Waals surface area contributed by atoms with Gasteiger partial charge in [-0.3, -0.25) is 0 Å². The van der Waals surface area contributed by atoms with Crippen LogP contribution >= 0.6 is 0 Å². The van der Waals surface area contributed by atoms with Gasteiger partial charge in [0.05, 0.1) is 0 Å². The lowest BCUT2D eigenvalue weighted by atomic mass is 9.79. The van der Waals surface area contributed by atoms with Crippen molar-refractivity contribution in [1.29, 1.82) is 0 Å². The Morgan fingerprint density at radius 1 is 1.05 bits per heavy atom. The molecule has 21 heavy (non-hydrogen) atoms. The normalized spacial score (nSPS) is 25.1. The number of nitrogens with zero attached hydrogens (tertiary/aromatic N) is 2. The summed E-state index contributed by atoms with van der Waals surface area (Å²) < 4.78 is 0. The van der Waals surface area contributed by atoms with E-state index in [0.717, 1.165) is 12.6 Å². The minimum atomic E-state index is 0.553. The van der Waals surface area contributed by atoms with Gasteiger partial charge in [0, 0.05) is 19.1 Å². The lowest BCUT2D eigenvalue weighted by Gasteiger charge is -2.42. The minimum absolute atomic E-state index is 0.553. The van der Waals surface area contributed by atoms with E-state index in [4.69, 9.17) is 0 Å². The van der Waals surface area contributed by atoms with Crippen molar-refractivity contribution in [3.63, 3.8) is 0 Å². The Bertz CT molecular complexity index is 274. The third-order valence-corrected chi connectivity index (χ3v) is 5.76. The summed E-state index contributed by atoms with van der Waals surface area (Å²) in [4.78, 5) is 5.18. The van der Waals surface area contributed by atoms with Gasteiger partial charge in [-0.2, -0.15) is 0 Å². The van der Waals surface area contributed by atoms with Gasteiger partial charge in [-0.05, 0) is 64.8 Å². The summed E-state index contributed by atoms with van der Waals surface area (Å²) in [6, 6.07) is 0.806. The molecule has 1 N–H and O–H groups in total. The molecule has 1 heterocycles. The molecule has 0 aromatic carbocycles. The molecule has 0 amide bonds. The zero-order chi connectivity index (χ0) is 15.1. The number of hydrogen-bond acceptors (Lipinski definition) is 3. The van der Waals surface area contributed by atoms with Crippen molar-refractivity contribution in [2.45, 2.75) is 64.3 Å². The second-order valence-electron chi connectivity index (χ2n) is 7.67. The van der Waals surface area contributed by atoms with Gasteiger partial charge >= 0.3 is 0 Å². The van der Waals surface area contributed by atoms with Crippen molar-refractivity contribution in [2.75, 3.05) is 46.8 Å². The van der Waals surface area contributed by atoms with Gasteiger partial charge in [0.15, 0.2) is 0 Å². The molecule has 1 saturated carbocycles. The standard InChI is InChI=1S/C18H37N3/c1-4-19-15-18(11-7-5-6-8-12-18)16-21-13-9-17(10-14-21)20(2)3/h17,19H,4-16H2,1-3H3. The van der Waals surface area contributed by atoms with Crippen LogP contribution in [0.3, 0.4) is 0 Å². The number of hydrogen-bond donors (Lipinski definition) is 1. The predicted octanol–water partition coefficient (Wildman–Crippen LogP) is 2.96. The fraction of sp³-hybridized carbons (Fsp3) is 1.00. The molecule has 0 aromatic heterocycles. The Morgan fingerprint density at radius 2 is 1.67 bits per heavy atom. The Kier molecular flexibility index (Phi) is 6.97. The maximum absolute atomic E-state index is 3.67. The van der Waals surface area contributed by atoms with Crippen LogP contribution in [0, 0.1) is 5.41 Å². The molecule has 124 valence electrons. The van der Waals surface area contributed by atoms with Crippen LogP contribution in [-0.2, 0) is 0 Å². The molecular weight excluding hydrogens is 258 g/mol. The smallest absolute Gasteiger partial charge is 0.0113 e. The maximum atomic E-state index is 3.67. The molecule has 3 heteroatoms. The molecule has 0 radical (unpaired) electrons. The molecule has 0 unspecified atom stereocenters. The van der Waals surface area contributed by atoms with Gasteiger partial charge in [-0.15, -0.1) is 0 Å². The number of nitrogens with one attached hydrogen (secondary N) is 1. The quantitative estimate of drug-likeness (QED) is 0.760. The van der Waals surface area contributed by atoms with Crippen LogP contribution < -0.4 is 5.32 Å². The second kappa shape index (κ2) is 8.50. The van der Waals surface area contributed by atoms with Gasteiger partial charge < -0.3 is 15.1 Å². The summed E-state index contributed by atoms with van der Waals surface area (Å²) >= 11 is 0. The molecule has 0 aromatic rings. The molecule has 1 aliphatic heterocycles. The Labute approximate surface area is 132 Å². The minimum Gasteiger partial charge on any atom is -0.316 e. The first-order valence-electron chi connectivity index (χ1n) is 9.25. The van der Waals surface area contributed by atoms with Crippen molar-refractivity contribution < 1.29 is 0 Å². The van der Waals surface area contributed by atoms with Crippen molar-refractivity contribution in [1.82, 2.24) is 15.1 Å². The molecule has 1 saturated heterocycles. The highest BCUT2D eigenvalue weighted by Gasteiger charge is 2.33. The molecule has 0 spiro atoms. The molecule has 2 fully saturated rings. The van der Waals surface area contributed by atoms with E-state index in [9.17, 15) is 0 Å². The number of piperidine rings is 1. The largest absolute Gasteiger partial charge is 0.316 e. The number of likely N-dealkylation sites (tertiary alicyclic amines) is 1. The predicted molar refractivity (Wildman–Crippen MR) is 91.8 cm³/mol. The fourth-order valence-electron chi connectivity index (χ4n) is 4.33. The fourth-order valence-corrected chi connectivity index (χ4v) is 4.33. The second-order valence-corrected chi connectivity index (χ2v) is 7.67. The molecule has 2 rings (SSSR count). The third-order valence-electron chi connectivity index (χ3n) is 5.76. The van der Waals surface area contributed by atoms with E-state index in [1.165, 1.54) is 77.5 Å². The first-order valence-corrected chi connectivity index (χ1v) is 9.25. The van der Waals surface area contributed by atoms with E-state index in [2.05, 4.69) is 36.1 Å². The van der Waals surface area contributed by atoms with Gasteiger partial charge in [0.2, 0.25) is 0 Å². The molecule has 0 bridgehead atoms. The zero-order valence-electron chi connectivity index (χ0n) is 14.7. The lowest BCUT2D eigenvalue weighted by molar-refractivity contribution is 0.0833. The van der Waals surface area contributed by atoms with Crippen molar-refractivity contribution in [2.24, 2.45) is 5.41 Å². The van der Waals surface area contributed by atoms with Crippen molar-refractivity contribution in [3.8, 4) is 0 Å². The molecule has 2 aliphatic rings. The van der Waals surface area contributed by atoms with Crippen molar-refractivity contribution >= 4 is 0 Å². The average molecular weight is 296 g/mol. The van der Waals surface area contributed by atoms with Crippen LogP contribution in [0.2, 0.25) is 0 Å². The van der Waals surface area contributed by atoms with Crippen LogP contribution in [-0.4, -0.2) is 62.7 Å². The SMILES string of the molecule is CCNCC1(CN2CCC(N(C)C)CC2)CCCCCC1. The van der Waals surface area contributed by atoms with Gasteiger partial charge in [-0.25, -0.2) is 0 Å². The first-order chi connectivity index (χ1) is 10.2. The van der Waals surface area contributed by atoms with E-state index in [1.807, 2.05) is 0 Å². The molecule has 3 nitrogen and oxygen atoms in total. The summed E-state index contributed by atoms with van der Waals surface area (Å²) in [5.74, 6) is 0. The van der Waals surface area contributed by atoms with E-state index in [1.54, 1.807) is 0 Å². The Morgan fingerprint density at radius 3 is 2.19 bits per heavy atom. The summed E-state index contributed by atoms with van der Waals surface area (Å²) in [6.45, 7) is 8.53. The van der Waals surface area contributed by atoms with E-state index < -0.39 is 0 Å². The number of rotatable bonds is 6. The summed E-state index contributed by atoms with van der Waals surface area (Å²) in [6.07, 6.45) is 11.4. The topological polar surface area (TPSA) is 18.5 Å². The van der Waals surface area contributed by atoms with Crippen LogP contribution in [0.15, 0.2) is 0 Å². The summed E-state index contributed by atoms with van der Waals surface area (Å²) in [5.41, 5.74) is 0.553. The zero-order valence-corrected chi connectivity index (χ0v) is 14.7. The molecule has 0 atom stereocenters. The molecule has 1 aliphatic carbocycles. The van der Waals surface area contributed by atoms with Gasteiger partial charge in [-0.1, -0.05) is 32.6 Å². The Balaban J connectivity index is 1.89. The third kappa shape index (κ3) is 5.22. The van der Waals surface area contributed by atoms with Crippen LogP contribution in [0.4, 0.5) is 0 Å². The summed E-state index contributed by atoms with van der Waals surface area (Å²) in [7, 11) is 4.47. The highest BCUT2D eigenvalue weighted by molar-refractivity contribution is 4.89. The Hall–Kier alpha value is -0.120. The van der Waals surface area contributed by atoms with Crippen LogP contribution in [0.25, 0.3) is 0 Å². The van der Waals surface area contributed by atoms with Crippen LogP contribution in [0.5, 0.6) is 0 Å². The average Bonchev–Trinajstić information content (AvgIpc) is 2.72. The van der Waals surface area contributed by atoms with E-state index in [0.29, 0.717) is 5.41 Å². The van der Waals surface area contributed by atoms with E-state index >= 15 is 0 Å². The summed E-state index contributed by atoms with van der Waals surface area (Å²) in [5, 5.41) is 3.67. The molecular formula is C18H37N3. The van der Waals surface area contributed by atoms with Crippen molar-refractivity contribution in [3.05, 3.63) is 0 Å². The van der Waals surface area contributed by atoms with Crippen LogP contribution in [0.1, 0.15) is 58.3 Å². The highest BCUT2D eigenvalue weighted by atomic mass is 15.2. The first kappa shape index (κ1) is 17.2. The highest BCUT2D eigenvalue weighted by Crippen LogP contribution is 2.36. The van der Waals surface area contributed by atoms with Gasteiger partial charge in [0.25, 0.3) is 0 Å². The lowest BCUT2D eigenvalue weighted by Crippen LogP contribution is -2.49. The van der Waals surface area contributed by atoms with E-state index in [-0.39, 0.29) is 0 Å². The maximum Gasteiger partial charge on any atom is 0.0113 e. The monoisotopic (exact) mass is 295 g/mol.